The topological polar surface area (TPSA) is 63.3 Å². The summed E-state index contributed by atoms with van der Waals surface area (Å²) in [6.07, 6.45) is 11.6. The molecule has 0 bridgehead atoms. The summed E-state index contributed by atoms with van der Waals surface area (Å²) in [5.74, 6) is 0.921. The van der Waals surface area contributed by atoms with E-state index in [1.54, 1.807) is 6.07 Å². The number of hydrogen-bond acceptors (Lipinski definition) is 4. The minimum atomic E-state index is -0.148. The number of nitrogens with one attached hydrogen (secondary N) is 1. The van der Waals surface area contributed by atoms with Gasteiger partial charge < -0.3 is 19.2 Å². The van der Waals surface area contributed by atoms with Crippen molar-refractivity contribution < 1.29 is 9.21 Å². The molecule has 6 nitrogen and oxygen atoms in total. The van der Waals surface area contributed by atoms with E-state index in [9.17, 15) is 4.79 Å². The summed E-state index contributed by atoms with van der Waals surface area (Å²) in [4.78, 5) is 20.2. The van der Waals surface area contributed by atoms with Gasteiger partial charge in [-0.25, -0.2) is 4.98 Å². The summed E-state index contributed by atoms with van der Waals surface area (Å²) in [5, 5.41) is 3.06. The van der Waals surface area contributed by atoms with Crippen LogP contribution in [-0.2, 0) is 0 Å². The number of benzene rings is 1. The molecule has 186 valence electrons. The first-order chi connectivity index (χ1) is 17.1. The van der Waals surface area contributed by atoms with Crippen molar-refractivity contribution in [1.82, 2.24) is 19.8 Å². The van der Waals surface area contributed by atoms with Gasteiger partial charge in [-0.15, -0.1) is 0 Å². The lowest BCUT2D eigenvalue weighted by atomic mass is 9.95. The number of hydrogen-bond donors (Lipinski definition) is 1. The molecule has 1 amide bonds. The van der Waals surface area contributed by atoms with Gasteiger partial charge in [-0.1, -0.05) is 49.1 Å². The fourth-order valence-corrected chi connectivity index (χ4v) is 5.60. The highest BCUT2D eigenvalue weighted by atomic mass is 16.4. The molecular weight excluding hydrogens is 436 g/mol. The third-order valence-corrected chi connectivity index (χ3v) is 7.76. The van der Waals surface area contributed by atoms with E-state index in [-0.39, 0.29) is 5.91 Å². The third kappa shape index (κ3) is 5.37. The van der Waals surface area contributed by atoms with Crippen molar-refractivity contribution in [2.24, 2.45) is 0 Å². The van der Waals surface area contributed by atoms with Crippen LogP contribution in [0.1, 0.15) is 80.5 Å². The van der Waals surface area contributed by atoms with Crippen LogP contribution in [0.15, 0.2) is 47.1 Å². The predicted molar refractivity (Wildman–Crippen MR) is 139 cm³/mol. The second-order valence-electron chi connectivity index (χ2n) is 10.3. The number of aromatic nitrogens is 2. The van der Waals surface area contributed by atoms with Crippen molar-refractivity contribution in [3.05, 3.63) is 54.0 Å². The monoisotopic (exact) mass is 474 g/mol. The molecule has 3 aromatic rings. The highest BCUT2D eigenvalue weighted by molar-refractivity contribution is 5.92. The average molecular weight is 475 g/mol. The summed E-state index contributed by atoms with van der Waals surface area (Å²) in [5.41, 5.74) is 4.18. The maximum atomic E-state index is 12.9. The minimum Gasteiger partial charge on any atom is -0.449 e. The van der Waals surface area contributed by atoms with Crippen LogP contribution < -0.4 is 5.32 Å². The van der Waals surface area contributed by atoms with Crippen LogP contribution in [0.2, 0.25) is 0 Å². The molecular formula is C29H38N4O2. The number of rotatable bonds is 8. The predicted octanol–water partition coefficient (Wildman–Crippen LogP) is 6.23. The number of nitrogens with zero attached hydrogens (tertiary/aromatic N) is 3. The lowest BCUT2D eigenvalue weighted by Gasteiger charge is -2.24. The van der Waals surface area contributed by atoms with Gasteiger partial charge in [-0.2, -0.15) is 0 Å². The summed E-state index contributed by atoms with van der Waals surface area (Å²) in [6, 6.07) is 13.1. The Morgan fingerprint density at radius 2 is 1.80 bits per heavy atom. The number of furan rings is 1. The summed E-state index contributed by atoms with van der Waals surface area (Å²) in [7, 11) is 0. The SMILES string of the molecule is Cc1ccc(-c2ncn(C3CCCCC3)c2-c2ccc(C(=O)NCC[C@@H](C)N3CCCC3)o2)cc1. The summed E-state index contributed by atoms with van der Waals surface area (Å²) in [6.45, 7) is 7.35. The van der Waals surface area contributed by atoms with Gasteiger partial charge in [0.1, 0.15) is 5.69 Å². The standard InChI is InChI=1S/C29H38N4O2/c1-21-10-12-23(13-11-21)27-28(33(20-31-27)24-8-4-3-5-9-24)25-14-15-26(35-25)29(34)30-17-16-22(2)32-18-6-7-19-32/h10-15,20,22,24H,3-9,16-19H2,1-2H3,(H,30,34)/t22-/m1/s1. The molecule has 1 aromatic carbocycles. The lowest BCUT2D eigenvalue weighted by molar-refractivity contribution is 0.0922. The molecule has 6 heteroatoms. The van der Waals surface area contributed by atoms with Crippen molar-refractivity contribution in [2.45, 2.75) is 77.3 Å². The highest BCUT2D eigenvalue weighted by Crippen LogP contribution is 2.38. The van der Waals surface area contributed by atoms with Gasteiger partial charge in [0, 0.05) is 24.2 Å². The molecule has 0 unspecified atom stereocenters. The Labute approximate surface area is 208 Å². The Bertz CT molecular complexity index is 1120. The summed E-state index contributed by atoms with van der Waals surface area (Å²) >= 11 is 0. The van der Waals surface area contributed by atoms with Gasteiger partial charge in [0.2, 0.25) is 0 Å². The Morgan fingerprint density at radius 3 is 2.54 bits per heavy atom. The van der Waals surface area contributed by atoms with Crippen LogP contribution in [0.4, 0.5) is 0 Å². The molecule has 0 radical (unpaired) electrons. The van der Waals surface area contributed by atoms with E-state index >= 15 is 0 Å². The molecule has 35 heavy (non-hydrogen) atoms. The van der Waals surface area contributed by atoms with E-state index < -0.39 is 0 Å². The van der Waals surface area contributed by atoms with Gasteiger partial charge in [-0.3, -0.25) is 4.79 Å². The van der Waals surface area contributed by atoms with Crippen molar-refractivity contribution in [3.8, 4) is 22.7 Å². The molecule has 2 aliphatic rings. The first kappa shape index (κ1) is 23.9. The molecule has 1 N–H and O–H groups in total. The number of aryl methyl sites for hydroxylation is 1. The van der Waals surface area contributed by atoms with Crippen LogP contribution in [0.5, 0.6) is 0 Å². The maximum absolute atomic E-state index is 12.9. The van der Waals surface area contributed by atoms with Crippen LogP contribution in [0.3, 0.4) is 0 Å². The average Bonchev–Trinajstić information content (AvgIpc) is 3.65. The van der Waals surface area contributed by atoms with Gasteiger partial charge >= 0.3 is 0 Å². The molecule has 5 rings (SSSR count). The number of likely N-dealkylation sites (tertiary alicyclic amines) is 1. The molecule has 1 saturated carbocycles. The summed E-state index contributed by atoms with van der Waals surface area (Å²) < 4.78 is 8.47. The Kier molecular flexibility index (Phi) is 7.37. The van der Waals surface area contributed by atoms with E-state index in [0.717, 1.165) is 36.2 Å². The third-order valence-electron chi connectivity index (χ3n) is 7.76. The van der Waals surface area contributed by atoms with Crippen LogP contribution in [0, 0.1) is 6.92 Å². The fraction of sp³-hybridized carbons (Fsp3) is 0.517. The zero-order chi connectivity index (χ0) is 24.2. The second-order valence-corrected chi connectivity index (χ2v) is 10.3. The number of carbonyl (C=O) groups is 1. The zero-order valence-corrected chi connectivity index (χ0v) is 21.1. The smallest absolute Gasteiger partial charge is 0.287 e. The normalized spacial score (nSPS) is 18.1. The zero-order valence-electron chi connectivity index (χ0n) is 21.1. The van der Waals surface area contributed by atoms with Gasteiger partial charge in [0.15, 0.2) is 11.5 Å². The molecule has 2 fully saturated rings. The second kappa shape index (κ2) is 10.8. The Balaban J connectivity index is 1.35. The molecule has 3 heterocycles. The molecule has 1 aliphatic carbocycles. The van der Waals surface area contributed by atoms with Gasteiger partial charge in [-0.05, 0) is 71.2 Å². The van der Waals surface area contributed by atoms with Crippen LogP contribution >= 0.6 is 0 Å². The largest absolute Gasteiger partial charge is 0.449 e. The van der Waals surface area contributed by atoms with E-state index in [2.05, 4.69) is 52.9 Å². The van der Waals surface area contributed by atoms with Crippen LogP contribution in [0.25, 0.3) is 22.7 Å². The lowest BCUT2D eigenvalue weighted by Crippen LogP contribution is -2.34. The van der Waals surface area contributed by atoms with Crippen molar-refractivity contribution in [3.63, 3.8) is 0 Å². The minimum absolute atomic E-state index is 0.148. The number of amides is 1. The number of carbonyl (C=O) groups excluding carboxylic acids is 1. The Morgan fingerprint density at radius 1 is 1.06 bits per heavy atom. The van der Waals surface area contributed by atoms with E-state index in [1.807, 2.05) is 12.4 Å². The highest BCUT2D eigenvalue weighted by Gasteiger charge is 2.25. The van der Waals surface area contributed by atoms with Gasteiger partial charge in [0.05, 0.1) is 12.0 Å². The van der Waals surface area contributed by atoms with Gasteiger partial charge in [0.25, 0.3) is 5.91 Å². The fourth-order valence-electron chi connectivity index (χ4n) is 5.60. The molecule has 1 aliphatic heterocycles. The van der Waals surface area contributed by atoms with E-state index in [4.69, 9.17) is 9.40 Å². The molecule has 0 spiro atoms. The number of imidazole rings is 1. The Hall–Kier alpha value is -2.86. The van der Waals surface area contributed by atoms with Crippen molar-refractivity contribution in [2.75, 3.05) is 19.6 Å². The van der Waals surface area contributed by atoms with Crippen LogP contribution in [-0.4, -0.2) is 46.0 Å². The maximum Gasteiger partial charge on any atom is 0.287 e. The van der Waals surface area contributed by atoms with Crippen molar-refractivity contribution >= 4 is 5.91 Å². The van der Waals surface area contributed by atoms with Crippen molar-refractivity contribution in [1.29, 1.82) is 0 Å². The first-order valence-corrected chi connectivity index (χ1v) is 13.4. The first-order valence-electron chi connectivity index (χ1n) is 13.4. The quantitative estimate of drug-likeness (QED) is 0.420. The van der Waals surface area contributed by atoms with E-state index in [0.29, 0.717) is 30.1 Å². The van der Waals surface area contributed by atoms with E-state index in [1.165, 1.54) is 50.8 Å². The molecule has 2 aromatic heterocycles. The molecule has 1 saturated heterocycles. The molecule has 1 atom stereocenters.